The van der Waals surface area contributed by atoms with Crippen LogP contribution in [-0.2, 0) is 9.59 Å². The predicted molar refractivity (Wildman–Crippen MR) is 110 cm³/mol. The molecule has 1 saturated heterocycles. The zero-order valence-corrected chi connectivity index (χ0v) is 17.5. The van der Waals surface area contributed by atoms with Crippen molar-refractivity contribution < 1.29 is 14.4 Å². The van der Waals surface area contributed by atoms with Crippen molar-refractivity contribution in [2.45, 2.75) is 51.6 Å². The Morgan fingerprint density at radius 1 is 1.28 bits per heavy atom. The average Bonchev–Trinajstić information content (AvgIpc) is 3.31. The molecule has 0 aliphatic carbocycles. The Morgan fingerprint density at radius 3 is 2.72 bits per heavy atom. The molecule has 3 heterocycles. The second-order valence-electron chi connectivity index (χ2n) is 7.57. The van der Waals surface area contributed by atoms with E-state index in [4.69, 9.17) is 0 Å². The highest BCUT2D eigenvalue weighted by Crippen LogP contribution is 2.45. The fourth-order valence-corrected chi connectivity index (χ4v) is 4.77. The standard InChI is InChI=1S/C20H23N5O3S/c1-4-11-24-17(27)13-7-5-6-8-14(13)25-15(26)9-10-20(24,25)18(28)21-19-23-22-16(29-19)12(2)3/h5-8,12H,4,9-11H2,1-3H3,(H,21,23,28)/t20-/m0/s1. The maximum Gasteiger partial charge on any atom is 0.273 e. The normalized spacial score (nSPS) is 20.8. The van der Waals surface area contributed by atoms with Crippen molar-refractivity contribution in [3.05, 3.63) is 34.8 Å². The van der Waals surface area contributed by atoms with E-state index in [1.807, 2.05) is 20.8 Å². The molecule has 1 fully saturated rings. The van der Waals surface area contributed by atoms with Crippen molar-refractivity contribution in [2.24, 2.45) is 0 Å². The Hall–Kier alpha value is -2.81. The van der Waals surface area contributed by atoms with Gasteiger partial charge in [0.25, 0.3) is 11.8 Å². The van der Waals surface area contributed by atoms with Crippen molar-refractivity contribution in [3.63, 3.8) is 0 Å². The first-order valence-corrected chi connectivity index (χ1v) is 10.6. The molecule has 4 rings (SSSR count). The monoisotopic (exact) mass is 413 g/mol. The number of fused-ring (bicyclic) bond motifs is 3. The van der Waals surface area contributed by atoms with Crippen LogP contribution in [0.25, 0.3) is 0 Å². The Morgan fingerprint density at radius 2 is 2.03 bits per heavy atom. The second kappa shape index (κ2) is 7.22. The second-order valence-corrected chi connectivity index (χ2v) is 8.58. The number of hydrogen-bond donors (Lipinski definition) is 1. The number of nitrogens with one attached hydrogen (secondary N) is 1. The molecule has 1 atom stereocenters. The van der Waals surface area contributed by atoms with Crippen molar-refractivity contribution >= 4 is 39.9 Å². The minimum atomic E-state index is -1.39. The lowest BCUT2D eigenvalue weighted by Gasteiger charge is -2.48. The summed E-state index contributed by atoms with van der Waals surface area (Å²) in [6, 6.07) is 6.97. The lowest BCUT2D eigenvalue weighted by Crippen LogP contribution is -2.69. The molecule has 9 heteroatoms. The summed E-state index contributed by atoms with van der Waals surface area (Å²) >= 11 is 1.30. The van der Waals surface area contributed by atoms with E-state index in [2.05, 4.69) is 15.5 Å². The first-order chi connectivity index (χ1) is 13.9. The molecule has 0 saturated carbocycles. The lowest BCUT2D eigenvalue weighted by molar-refractivity contribution is -0.128. The number of hydrogen-bond acceptors (Lipinski definition) is 6. The molecule has 0 radical (unpaired) electrons. The molecular weight excluding hydrogens is 390 g/mol. The number of amides is 3. The Bertz CT molecular complexity index is 988. The Kier molecular flexibility index (Phi) is 4.85. The third kappa shape index (κ3) is 2.91. The van der Waals surface area contributed by atoms with E-state index in [1.165, 1.54) is 16.2 Å². The van der Waals surface area contributed by atoms with Crippen LogP contribution in [0.15, 0.2) is 24.3 Å². The third-order valence-corrected chi connectivity index (χ3v) is 6.48. The fourth-order valence-electron chi connectivity index (χ4n) is 4.03. The van der Waals surface area contributed by atoms with Crippen LogP contribution in [0.3, 0.4) is 0 Å². The van der Waals surface area contributed by atoms with Crippen LogP contribution in [0.1, 0.15) is 61.3 Å². The van der Waals surface area contributed by atoms with Gasteiger partial charge in [0.05, 0.1) is 11.3 Å². The maximum absolute atomic E-state index is 13.6. The summed E-state index contributed by atoms with van der Waals surface area (Å²) in [5.41, 5.74) is -0.456. The van der Waals surface area contributed by atoms with Crippen LogP contribution in [0.2, 0.25) is 0 Å². The maximum atomic E-state index is 13.6. The molecular formula is C20H23N5O3S. The summed E-state index contributed by atoms with van der Waals surface area (Å²) in [5.74, 6) is -0.628. The van der Waals surface area contributed by atoms with Gasteiger partial charge in [-0.1, -0.05) is 44.2 Å². The van der Waals surface area contributed by atoms with Crippen LogP contribution in [0.4, 0.5) is 10.8 Å². The van der Waals surface area contributed by atoms with Gasteiger partial charge >= 0.3 is 0 Å². The molecule has 152 valence electrons. The zero-order chi connectivity index (χ0) is 20.8. The van der Waals surface area contributed by atoms with E-state index < -0.39 is 11.6 Å². The highest BCUT2D eigenvalue weighted by Gasteiger charge is 2.60. The minimum absolute atomic E-state index is 0.165. The van der Waals surface area contributed by atoms with Crippen molar-refractivity contribution in [1.82, 2.24) is 15.1 Å². The number of carbonyl (C=O) groups excluding carboxylic acids is 3. The summed E-state index contributed by atoms with van der Waals surface area (Å²) in [7, 11) is 0. The molecule has 0 unspecified atom stereocenters. The van der Waals surface area contributed by atoms with Crippen molar-refractivity contribution in [2.75, 3.05) is 16.8 Å². The van der Waals surface area contributed by atoms with Gasteiger partial charge in [-0.2, -0.15) is 0 Å². The van der Waals surface area contributed by atoms with Gasteiger partial charge in [-0.15, -0.1) is 10.2 Å². The zero-order valence-electron chi connectivity index (χ0n) is 16.6. The molecule has 29 heavy (non-hydrogen) atoms. The van der Waals surface area contributed by atoms with Crippen LogP contribution < -0.4 is 10.2 Å². The van der Waals surface area contributed by atoms with Gasteiger partial charge in [0, 0.05) is 25.3 Å². The fraction of sp³-hybridized carbons (Fsp3) is 0.450. The van der Waals surface area contributed by atoms with Gasteiger partial charge in [-0.3, -0.25) is 24.6 Å². The van der Waals surface area contributed by atoms with E-state index in [9.17, 15) is 14.4 Å². The Labute approximate surface area is 172 Å². The molecule has 2 aliphatic heterocycles. The first-order valence-electron chi connectivity index (χ1n) is 9.79. The summed E-state index contributed by atoms with van der Waals surface area (Å²) in [5, 5.41) is 12.2. The summed E-state index contributed by atoms with van der Waals surface area (Å²) in [4.78, 5) is 42.8. The highest BCUT2D eigenvalue weighted by atomic mass is 32.1. The highest BCUT2D eigenvalue weighted by molar-refractivity contribution is 7.15. The molecule has 1 N–H and O–H groups in total. The van der Waals surface area contributed by atoms with E-state index in [0.29, 0.717) is 29.3 Å². The van der Waals surface area contributed by atoms with Crippen LogP contribution in [0.5, 0.6) is 0 Å². The molecule has 2 aromatic rings. The van der Waals surface area contributed by atoms with Gasteiger partial charge in [-0.05, 0) is 18.6 Å². The minimum Gasteiger partial charge on any atom is -0.307 e. The molecule has 1 aromatic heterocycles. The summed E-state index contributed by atoms with van der Waals surface area (Å²) < 4.78 is 0. The van der Waals surface area contributed by atoms with E-state index >= 15 is 0 Å². The van der Waals surface area contributed by atoms with Gasteiger partial charge in [-0.25, -0.2) is 0 Å². The molecule has 2 aliphatic rings. The summed E-state index contributed by atoms with van der Waals surface area (Å²) in [6.45, 7) is 6.32. The van der Waals surface area contributed by atoms with Crippen molar-refractivity contribution in [1.29, 1.82) is 0 Å². The molecule has 0 bridgehead atoms. The van der Waals surface area contributed by atoms with Crippen LogP contribution in [-0.4, -0.2) is 45.0 Å². The van der Waals surface area contributed by atoms with E-state index in [0.717, 1.165) is 5.01 Å². The van der Waals surface area contributed by atoms with Crippen molar-refractivity contribution in [3.8, 4) is 0 Å². The number of benzene rings is 1. The van der Waals surface area contributed by atoms with Gasteiger partial charge in [0.2, 0.25) is 16.7 Å². The number of nitrogens with zero attached hydrogens (tertiary/aromatic N) is 4. The number of anilines is 2. The number of para-hydroxylation sites is 1. The summed E-state index contributed by atoms with van der Waals surface area (Å²) in [6.07, 6.45) is 1.11. The quantitative estimate of drug-likeness (QED) is 0.813. The third-order valence-electron chi connectivity index (χ3n) is 5.34. The van der Waals surface area contributed by atoms with E-state index in [-0.39, 0.29) is 30.6 Å². The number of rotatable bonds is 5. The average molecular weight is 414 g/mol. The predicted octanol–water partition coefficient (Wildman–Crippen LogP) is 2.99. The largest absolute Gasteiger partial charge is 0.307 e. The van der Waals surface area contributed by atoms with E-state index in [1.54, 1.807) is 29.2 Å². The molecule has 0 spiro atoms. The molecule has 8 nitrogen and oxygen atoms in total. The number of carbonyl (C=O) groups is 3. The SMILES string of the molecule is CCCN1C(=O)c2ccccc2N2C(=O)CC[C@]12C(=O)Nc1nnc(C(C)C)s1. The molecule has 3 amide bonds. The number of aromatic nitrogens is 2. The Balaban J connectivity index is 1.79. The van der Waals surface area contributed by atoms with Gasteiger partial charge in [0.15, 0.2) is 0 Å². The van der Waals surface area contributed by atoms with Crippen LogP contribution >= 0.6 is 11.3 Å². The van der Waals surface area contributed by atoms with Crippen LogP contribution in [0, 0.1) is 0 Å². The van der Waals surface area contributed by atoms with Gasteiger partial charge < -0.3 is 4.90 Å². The molecule has 1 aromatic carbocycles. The first kappa shape index (κ1) is 19.5. The van der Waals surface area contributed by atoms with Gasteiger partial charge in [0.1, 0.15) is 5.01 Å². The smallest absolute Gasteiger partial charge is 0.273 e. The topological polar surface area (TPSA) is 95.5 Å². The lowest BCUT2D eigenvalue weighted by atomic mass is 9.95.